The van der Waals surface area contributed by atoms with E-state index < -0.39 is 11.9 Å². The van der Waals surface area contributed by atoms with Crippen molar-refractivity contribution >= 4 is 11.9 Å². The number of benzene rings is 1. The maximum Gasteiger partial charge on any atom is 0.307 e. The second-order valence-electron chi connectivity index (χ2n) is 5.32. The van der Waals surface area contributed by atoms with E-state index in [4.69, 9.17) is 0 Å². The van der Waals surface area contributed by atoms with E-state index in [0.29, 0.717) is 25.9 Å². The van der Waals surface area contributed by atoms with Crippen LogP contribution in [0.15, 0.2) is 30.3 Å². The lowest BCUT2D eigenvalue weighted by atomic mass is 9.94. The standard InChI is InChI=1S/C16H21NO3/c1-2-17(11-12-7-4-3-5-8-12)15(18)13-9-6-10-14(13)16(19)20/h3-5,7-8,13-14H,2,6,9-11H2,1H3,(H,19,20)/t13-,14+/m1/s1. The lowest BCUT2D eigenvalue weighted by Gasteiger charge is -2.26. The van der Waals surface area contributed by atoms with Crippen LogP contribution in [0.4, 0.5) is 0 Å². The van der Waals surface area contributed by atoms with Crippen LogP contribution >= 0.6 is 0 Å². The first-order valence-corrected chi connectivity index (χ1v) is 7.19. The van der Waals surface area contributed by atoms with Gasteiger partial charge in [-0.2, -0.15) is 0 Å². The van der Waals surface area contributed by atoms with Gasteiger partial charge in [0, 0.05) is 13.1 Å². The Hall–Kier alpha value is -1.84. The van der Waals surface area contributed by atoms with Crippen molar-refractivity contribution in [1.29, 1.82) is 0 Å². The summed E-state index contributed by atoms with van der Waals surface area (Å²) in [6, 6.07) is 9.81. The number of carboxylic acids is 1. The SMILES string of the molecule is CCN(Cc1ccccc1)C(=O)[C@@H]1CCC[C@@H]1C(=O)O. The van der Waals surface area contributed by atoms with Gasteiger partial charge in [-0.3, -0.25) is 9.59 Å². The van der Waals surface area contributed by atoms with Crippen molar-refractivity contribution in [2.45, 2.75) is 32.7 Å². The third-order valence-corrected chi connectivity index (χ3v) is 4.06. The molecule has 1 saturated carbocycles. The summed E-state index contributed by atoms with van der Waals surface area (Å²) in [7, 11) is 0. The fourth-order valence-corrected chi connectivity index (χ4v) is 2.94. The first kappa shape index (κ1) is 14.6. The Morgan fingerprint density at radius 2 is 1.85 bits per heavy atom. The van der Waals surface area contributed by atoms with Crippen molar-refractivity contribution in [3.05, 3.63) is 35.9 Å². The van der Waals surface area contributed by atoms with Crippen molar-refractivity contribution < 1.29 is 14.7 Å². The fourth-order valence-electron chi connectivity index (χ4n) is 2.94. The topological polar surface area (TPSA) is 57.6 Å². The van der Waals surface area contributed by atoms with Crippen LogP contribution < -0.4 is 0 Å². The van der Waals surface area contributed by atoms with E-state index in [0.717, 1.165) is 12.0 Å². The lowest BCUT2D eigenvalue weighted by Crippen LogP contribution is -2.38. The molecule has 0 spiro atoms. The molecule has 0 aliphatic heterocycles. The number of hydrogen-bond acceptors (Lipinski definition) is 2. The van der Waals surface area contributed by atoms with E-state index in [-0.39, 0.29) is 11.8 Å². The maximum atomic E-state index is 12.6. The molecule has 108 valence electrons. The molecule has 1 aliphatic rings. The average Bonchev–Trinajstić information content (AvgIpc) is 2.94. The molecule has 2 atom stereocenters. The minimum Gasteiger partial charge on any atom is -0.481 e. The molecule has 4 heteroatoms. The molecule has 4 nitrogen and oxygen atoms in total. The Bertz CT molecular complexity index is 472. The van der Waals surface area contributed by atoms with Crippen LogP contribution in [0.2, 0.25) is 0 Å². The van der Waals surface area contributed by atoms with E-state index in [9.17, 15) is 14.7 Å². The van der Waals surface area contributed by atoms with Gasteiger partial charge in [-0.25, -0.2) is 0 Å². The molecular weight excluding hydrogens is 254 g/mol. The molecule has 1 amide bonds. The summed E-state index contributed by atoms with van der Waals surface area (Å²) < 4.78 is 0. The minimum atomic E-state index is -0.836. The predicted molar refractivity (Wildman–Crippen MR) is 76.0 cm³/mol. The maximum absolute atomic E-state index is 12.6. The quantitative estimate of drug-likeness (QED) is 0.898. The molecule has 0 unspecified atom stereocenters. The minimum absolute atomic E-state index is 0.0127. The highest BCUT2D eigenvalue weighted by atomic mass is 16.4. The van der Waals surface area contributed by atoms with Gasteiger partial charge in [-0.1, -0.05) is 36.8 Å². The first-order chi connectivity index (χ1) is 9.63. The summed E-state index contributed by atoms with van der Waals surface area (Å²) in [5.41, 5.74) is 1.08. The number of carbonyl (C=O) groups excluding carboxylic acids is 1. The van der Waals surface area contributed by atoms with Crippen molar-refractivity contribution in [2.75, 3.05) is 6.54 Å². The fraction of sp³-hybridized carbons (Fsp3) is 0.500. The largest absolute Gasteiger partial charge is 0.481 e. The summed E-state index contributed by atoms with van der Waals surface area (Å²) in [5.74, 6) is -1.71. The van der Waals surface area contributed by atoms with Gasteiger partial charge in [0.1, 0.15) is 0 Å². The number of carbonyl (C=O) groups is 2. The highest BCUT2D eigenvalue weighted by Crippen LogP contribution is 2.33. The Balaban J connectivity index is 2.07. The van der Waals surface area contributed by atoms with Crippen molar-refractivity contribution in [2.24, 2.45) is 11.8 Å². The van der Waals surface area contributed by atoms with Crippen LogP contribution in [0.25, 0.3) is 0 Å². The van der Waals surface area contributed by atoms with E-state index >= 15 is 0 Å². The zero-order chi connectivity index (χ0) is 14.5. The highest BCUT2D eigenvalue weighted by molar-refractivity contribution is 5.85. The second kappa shape index (κ2) is 6.55. The van der Waals surface area contributed by atoms with Crippen LogP contribution in [0.5, 0.6) is 0 Å². The zero-order valence-corrected chi connectivity index (χ0v) is 11.8. The van der Waals surface area contributed by atoms with Crippen LogP contribution in [0.1, 0.15) is 31.7 Å². The number of carboxylic acid groups (broad SMARTS) is 1. The molecule has 0 heterocycles. The molecular formula is C16H21NO3. The summed E-state index contributed by atoms with van der Waals surface area (Å²) in [5, 5.41) is 9.21. The molecule has 1 aromatic rings. The van der Waals surface area contributed by atoms with E-state index in [2.05, 4.69) is 0 Å². The second-order valence-corrected chi connectivity index (χ2v) is 5.32. The summed E-state index contributed by atoms with van der Waals surface area (Å²) in [6.45, 7) is 3.10. The van der Waals surface area contributed by atoms with Crippen molar-refractivity contribution in [3.8, 4) is 0 Å². The van der Waals surface area contributed by atoms with Crippen molar-refractivity contribution in [3.63, 3.8) is 0 Å². The van der Waals surface area contributed by atoms with Gasteiger partial charge in [0.05, 0.1) is 11.8 Å². The van der Waals surface area contributed by atoms with Crippen LogP contribution in [0, 0.1) is 11.8 Å². The van der Waals surface area contributed by atoms with E-state index in [1.807, 2.05) is 37.3 Å². The monoisotopic (exact) mass is 275 g/mol. The summed E-state index contributed by atoms with van der Waals surface area (Å²) in [4.78, 5) is 25.5. The Morgan fingerprint density at radius 3 is 2.45 bits per heavy atom. The third kappa shape index (κ3) is 3.18. The molecule has 20 heavy (non-hydrogen) atoms. The van der Waals surface area contributed by atoms with Gasteiger partial charge in [0.25, 0.3) is 0 Å². The van der Waals surface area contributed by atoms with E-state index in [1.165, 1.54) is 0 Å². The van der Waals surface area contributed by atoms with Gasteiger partial charge in [0.15, 0.2) is 0 Å². The Labute approximate surface area is 119 Å². The molecule has 0 aromatic heterocycles. The van der Waals surface area contributed by atoms with Gasteiger partial charge in [0.2, 0.25) is 5.91 Å². The molecule has 2 rings (SSSR count). The molecule has 0 bridgehead atoms. The van der Waals surface area contributed by atoms with Crippen LogP contribution in [0.3, 0.4) is 0 Å². The molecule has 1 aliphatic carbocycles. The third-order valence-electron chi connectivity index (χ3n) is 4.06. The Kier molecular flexibility index (Phi) is 4.77. The molecule has 1 N–H and O–H groups in total. The van der Waals surface area contributed by atoms with E-state index in [1.54, 1.807) is 4.90 Å². The van der Waals surface area contributed by atoms with Crippen molar-refractivity contribution in [1.82, 2.24) is 4.90 Å². The van der Waals surface area contributed by atoms with Gasteiger partial charge in [-0.05, 0) is 25.3 Å². The number of amides is 1. The number of aliphatic carboxylic acids is 1. The summed E-state index contributed by atoms with van der Waals surface area (Å²) >= 11 is 0. The zero-order valence-electron chi connectivity index (χ0n) is 11.8. The molecule has 1 aromatic carbocycles. The molecule has 0 radical (unpaired) electrons. The average molecular weight is 275 g/mol. The van der Waals surface area contributed by atoms with Crippen LogP contribution in [-0.2, 0) is 16.1 Å². The Morgan fingerprint density at radius 1 is 1.20 bits per heavy atom. The number of nitrogens with zero attached hydrogens (tertiary/aromatic N) is 1. The first-order valence-electron chi connectivity index (χ1n) is 7.19. The number of rotatable bonds is 5. The number of hydrogen-bond donors (Lipinski definition) is 1. The predicted octanol–water partition coefficient (Wildman–Crippen LogP) is 2.54. The smallest absolute Gasteiger partial charge is 0.307 e. The normalized spacial score (nSPS) is 21.6. The van der Waals surface area contributed by atoms with Gasteiger partial charge in [-0.15, -0.1) is 0 Å². The van der Waals surface area contributed by atoms with Gasteiger partial charge < -0.3 is 10.0 Å². The molecule has 0 saturated heterocycles. The lowest BCUT2D eigenvalue weighted by molar-refractivity contribution is -0.149. The van der Waals surface area contributed by atoms with Crippen LogP contribution in [-0.4, -0.2) is 28.4 Å². The highest BCUT2D eigenvalue weighted by Gasteiger charge is 2.39. The molecule has 1 fully saturated rings. The van der Waals surface area contributed by atoms with Gasteiger partial charge >= 0.3 is 5.97 Å². The summed E-state index contributed by atoms with van der Waals surface area (Å²) in [6.07, 6.45) is 2.14.